The fourth-order valence-corrected chi connectivity index (χ4v) is 3.44. The number of halogens is 3. The smallest absolute Gasteiger partial charge is 0.126 e. The average molecular weight is 318 g/mol. The van der Waals surface area contributed by atoms with Crippen molar-refractivity contribution in [3.63, 3.8) is 0 Å². The number of rotatable bonds is 3. The molecule has 0 fully saturated rings. The highest BCUT2D eigenvalue weighted by atomic mass is 79.9. The third kappa shape index (κ3) is 2.73. The maximum Gasteiger partial charge on any atom is 0.126 e. The van der Waals surface area contributed by atoms with Crippen molar-refractivity contribution in [2.24, 2.45) is 0 Å². The summed E-state index contributed by atoms with van der Waals surface area (Å²) in [6, 6.07) is 5.27. The molecule has 1 N–H and O–H groups in total. The summed E-state index contributed by atoms with van der Waals surface area (Å²) in [4.78, 5) is 0.998. The predicted molar refractivity (Wildman–Crippen MR) is 69.3 cm³/mol. The highest BCUT2D eigenvalue weighted by Crippen LogP contribution is 2.33. The van der Waals surface area contributed by atoms with Gasteiger partial charge in [0.1, 0.15) is 11.6 Å². The van der Waals surface area contributed by atoms with Gasteiger partial charge in [-0.15, -0.1) is 11.3 Å². The lowest BCUT2D eigenvalue weighted by Crippen LogP contribution is -2.17. The van der Waals surface area contributed by atoms with E-state index in [0.717, 1.165) is 15.4 Å². The lowest BCUT2D eigenvalue weighted by Gasteiger charge is -2.16. The Morgan fingerprint density at radius 3 is 2.35 bits per heavy atom. The van der Waals surface area contributed by atoms with Gasteiger partial charge >= 0.3 is 0 Å². The predicted octanol–water partition coefficient (Wildman–Crippen LogP) is 4.10. The van der Waals surface area contributed by atoms with Crippen molar-refractivity contribution in [2.45, 2.75) is 6.04 Å². The third-order valence-electron chi connectivity index (χ3n) is 2.41. The van der Waals surface area contributed by atoms with Crippen molar-refractivity contribution in [2.75, 3.05) is 7.05 Å². The van der Waals surface area contributed by atoms with Crippen LogP contribution in [0.2, 0.25) is 0 Å². The molecule has 2 aromatic rings. The molecule has 0 saturated carbocycles. The summed E-state index contributed by atoms with van der Waals surface area (Å²) >= 11 is 4.96. The van der Waals surface area contributed by atoms with Gasteiger partial charge in [0.25, 0.3) is 0 Å². The summed E-state index contributed by atoms with van der Waals surface area (Å²) in [5, 5.41) is 4.99. The third-order valence-corrected chi connectivity index (χ3v) is 4.35. The van der Waals surface area contributed by atoms with E-state index in [2.05, 4.69) is 21.2 Å². The minimum Gasteiger partial charge on any atom is -0.309 e. The van der Waals surface area contributed by atoms with E-state index >= 15 is 0 Å². The first-order valence-corrected chi connectivity index (χ1v) is 6.65. The zero-order valence-corrected chi connectivity index (χ0v) is 11.4. The number of nitrogens with one attached hydrogen (secondary N) is 1. The molecule has 0 amide bonds. The van der Waals surface area contributed by atoms with Crippen LogP contribution >= 0.6 is 27.3 Å². The second kappa shape index (κ2) is 5.25. The van der Waals surface area contributed by atoms with E-state index in [4.69, 9.17) is 0 Å². The van der Waals surface area contributed by atoms with Gasteiger partial charge in [-0.3, -0.25) is 0 Å². The van der Waals surface area contributed by atoms with E-state index in [9.17, 15) is 8.78 Å². The Hall–Kier alpha value is -0.780. The lowest BCUT2D eigenvalue weighted by atomic mass is 10.1. The lowest BCUT2D eigenvalue weighted by molar-refractivity contribution is 0.572. The molecule has 0 bridgehead atoms. The summed E-state index contributed by atoms with van der Waals surface area (Å²) in [6.45, 7) is 0. The monoisotopic (exact) mass is 317 g/mol. The van der Waals surface area contributed by atoms with Crippen molar-refractivity contribution in [3.8, 4) is 0 Å². The molecular formula is C12H10BrF2NS. The van der Waals surface area contributed by atoms with Gasteiger partial charge in [0.15, 0.2) is 0 Å². The van der Waals surface area contributed by atoms with E-state index in [1.54, 1.807) is 7.05 Å². The van der Waals surface area contributed by atoms with Crippen LogP contribution in [0.1, 0.15) is 16.5 Å². The van der Waals surface area contributed by atoms with Crippen LogP contribution in [0.4, 0.5) is 8.78 Å². The van der Waals surface area contributed by atoms with Crippen LogP contribution in [0.15, 0.2) is 34.1 Å². The Morgan fingerprint density at radius 2 is 1.88 bits per heavy atom. The molecule has 1 aromatic heterocycles. The van der Waals surface area contributed by atoms with Gasteiger partial charge in [0, 0.05) is 15.4 Å². The Kier molecular flexibility index (Phi) is 3.91. The molecule has 2 rings (SSSR count). The van der Waals surface area contributed by atoms with Gasteiger partial charge in [0.05, 0.1) is 6.04 Å². The van der Waals surface area contributed by atoms with Gasteiger partial charge in [-0.05, 0) is 52.1 Å². The quantitative estimate of drug-likeness (QED) is 0.898. The molecule has 1 nitrogen and oxygen atoms in total. The van der Waals surface area contributed by atoms with E-state index in [1.165, 1.54) is 23.5 Å². The summed E-state index contributed by atoms with van der Waals surface area (Å²) in [6.07, 6.45) is 0. The minimum absolute atomic E-state index is 0.213. The van der Waals surface area contributed by atoms with Crippen molar-refractivity contribution in [1.29, 1.82) is 0 Å². The van der Waals surface area contributed by atoms with Gasteiger partial charge in [0.2, 0.25) is 0 Å². The zero-order chi connectivity index (χ0) is 12.4. The van der Waals surface area contributed by atoms with Gasteiger partial charge in [-0.25, -0.2) is 8.78 Å². The van der Waals surface area contributed by atoms with E-state index in [0.29, 0.717) is 5.56 Å². The van der Waals surface area contributed by atoms with Crippen LogP contribution in [0.25, 0.3) is 0 Å². The largest absolute Gasteiger partial charge is 0.309 e. The number of hydrogen-bond donors (Lipinski definition) is 1. The maximum atomic E-state index is 13.2. The molecule has 0 radical (unpaired) electrons. The summed E-state index contributed by atoms with van der Waals surface area (Å²) in [7, 11) is 1.76. The SMILES string of the molecule is CNC(c1cc(F)cc(F)c1)c1sccc1Br. The molecule has 0 aliphatic heterocycles. The highest BCUT2D eigenvalue weighted by Gasteiger charge is 2.17. The number of benzene rings is 1. The normalized spacial score (nSPS) is 12.7. The van der Waals surface area contributed by atoms with Crippen LogP contribution in [0.5, 0.6) is 0 Å². The van der Waals surface area contributed by atoms with Gasteiger partial charge in [-0.1, -0.05) is 0 Å². The first kappa shape index (κ1) is 12.7. The van der Waals surface area contributed by atoms with E-state index in [-0.39, 0.29) is 6.04 Å². The molecule has 0 aliphatic rings. The van der Waals surface area contributed by atoms with Crippen molar-refractivity contribution in [1.82, 2.24) is 5.32 Å². The first-order valence-electron chi connectivity index (χ1n) is 4.98. The zero-order valence-electron chi connectivity index (χ0n) is 9.01. The summed E-state index contributed by atoms with van der Waals surface area (Å²) in [5.74, 6) is -1.12. The summed E-state index contributed by atoms with van der Waals surface area (Å²) in [5.41, 5.74) is 0.577. The highest BCUT2D eigenvalue weighted by molar-refractivity contribution is 9.10. The fraction of sp³-hybridized carbons (Fsp3) is 0.167. The molecule has 5 heteroatoms. The molecule has 0 aliphatic carbocycles. The molecule has 90 valence electrons. The number of thiophene rings is 1. The Labute approximate surface area is 111 Å². The van der Waals surface area contributed by atoms with Crippen LogP contribution in [0, 0.1) is 11.6 Å². The topological polar surface area (TPSA) is 12.0 Å². The standard InChI is InChI=1S/C12H10BrF2NS/c1-16-11(12-10(13)2-3-17-12)7-4-8(14)6-9(15)5-7/h2-6,11,16H,1H3. The Bertz CT molecular complexity index is 507. The Balaban J connectivity index is 2.45. The molecule has 1 aromatic carbocycles. The molecule has 0 saturated heterocycles. The first-order chi connectivity index (χ1) is 8.11. The van der Waals surface area contributed by atoms with Crippen LogP contribution < -0.4 is 5.32 Å². The molecule has 1 atom stereocenters. The Morgan fingerprint density at radius 1 is 1.24 bits per heavy atom. The van der Waals surface area contributed by atoms with Crippen molar-refractivity contribution in [3.05, 3.63) is 56.2 Å². The van der Waals surface area contributed by atoms with E-state index in [1.807, 2.05) is 11.4 Å². The molecule has 17 heavy (non-hydrogen) atoms. The van der Waals surface area contributed by atoms with Crippen molar-refractivity contribution >= 4 is 27.3 Å². The maximum absolute atomic E-state index is 13.2. The second-order valence-electron chi connectivity index (χ2n) is 3.56. The average Bonchev–Trinajstić information content (AvgIpc) is 2.65. The van der Waals surface area contributed by atoms with E-state index < -0.39 is 11.6 Å². The second-order valence-corrected chi connectivity index (χ2v) is 5.36. The molecular weight excluding hydrogens is 308 g/mol. The fourth-order valence-electron chi connectivity index (χ4n) is 1.70. The van der Waals surface area contributed by atoms with Crippen LogP contribution in [-0.4, -0.2) is 7.05 Å². The molecule has 1 unspecified atom stereocenters. The van der Waals surface area contributed by atoms with Gasteiger partial charge in [-0.2, -0.15) is 0 Å². The van der Waals surface area contributed by atoms with Crippen LogP contribution in [-0.2, 0) is 0 Å². The minimum atomic E-state index is -0.562. The molecule has 1 heterocycles. The number of hydrogen-bond acceptors (Lipinski definition) is 2. The van der Waals surface area contributed by atoms with Crippen LogP contribution in [0.3, 0.4) is 0 Å². The van der Waals surface area contributed by atoms with Crippen molar-refractivity contribution < 1.29 is 8.78 Å². The van der Waals surface area contributed by atoms with Gasteiger partial charge < -0.3 is 5.32 Å². The summed E-state index contributed by atoms with van der Waals surface area (Å²) < 4.78 is 27.3. The molecule has 0 spiro atoms.